The van der Waals surface area contributed by atoms with Crippen molar-refractivity contribution in [2.45, 2.75) is 53.9 Å². The molecular weight excluding hydrogens is 220 g/mol. The first-order chi connectivity index (χ1) is 8.39. The molecule has 1 N–H and O–H groups in total. The Labute approximate surface area is 115 Å². The molecule has 1 rings (SSSR count). The molecule has 1 aliphatic heterocycles. The highest BCUT2D eigenvalue weighted by atomic mass is 15.1. The van der Waals surface area contributed by atoms with Crippen LogP contribution in [0.5, 0.6) is 0 Å². The van der Waals surface area contributed by atoms with Gasteiger partial charge in [0.2, 0.25) is 0 Å². The molecule has 1 fully saturated rings. The molecule has 2 nitrogen and oxygen atoms in total. The Balaban J connectivity index is 2.01. The number of nitrogens with one attached hydrogen (secondary N) is 1. The molecule has 0 aromatic carbocycles. The van der Waals surface area contributed by atoms with E-state index < -0.39 is 0 Å². The number of nitrogens with zero attached hydrogens (tertiary/aromatic N) is 1. The summed E-state index contributed by atoms with van der Waals surface area (Å²) in [7, 11) is 0. The number of hydrogen-bond acceptors (Lipinski definition) is 2. The zero-order valence-electron chi connectivity index (χ0n) is 13.3. The van der Waals surface area contributed by atoms with Crippen LogP contribution in [-0.2, 0) is 0 Å². The second-order valence-corrected chi connectivity index (χ2v) is 7.46. The van der Waals surface area contributed by atoms with Gasteiger partial charge >= 0.3 is 0 Å². The van der Waals surface area contributed by atoms with Crippen LogP contribution in [0.4, 0.5) is 0 Å². The van der Waals surface area contributed by atoms with Gasteiger partial charge in [-0.2, -0.15) is 0 Å². The van der Waals surface area contributed by atoms with Crippen molar-refractivity contribution in [3.05, 3.63) is 0 Å². The third kappa shape index (κ3) is 6.19. The predicted octanol–water partition coefficient (Wildman–Crippen LogP) is 3.38. The molecule has 0 amide bonds. The van der Waals surface area contributed by atoms with Gasteiger partial charge in [0, 0.05) is 6.54 Å². The van der Waals surface area contributed by atoms with Crippen molar-refractivity contribution in [2.75, 3.05) is 32.7 Å². The molecule has 0 aromatic rings. The average Bonchev–Trinajstić information content (AvgIpc) is 2.71. The topological polar surface area (TPSA) is 15.3 Å². The van der Waals surface area contributed by atoms with Gasteiger partial charge in [-0.05, 0) is 62.7 Å². The molecule has 2 heteroatoms. The van der Waals surface area contributed by atoms with Crippen molar-refractivity contribution in [1.29, 1.82) is 0 Å². The van der Waals surface area contributed by atoms with Crippen LogP contribution in [0.15, 0.2) is 0 Å². The molecule has 108 valence electrons. The minimum absolute atomic E-state index is 0.494. The molecule has 18 heavy (non-hydrogen) atoms. The number of hydrogen-bond donors (Lipinski definition) is 1. The molecule has 1 aliphatic rings. The van der Waals surface area contributed by atoms with Crippen molar-refractivity contribution in [1.82, 2.24) is 10.2 Å². The zero-order valence-corrected chi connectivity index (χ0v) is 13.3. The third-order valence-corrected chi connectivity index (χ3v) is 4.13. The van der Waals surface area contributed by atoms with Crippen LogP contribution in [0.2, 0.25) is 0 Å². The Bertz CT molecular complexity index is 218. The summed E-state index contributed by atoms with van der Waals surface area (Å²) in [6.07, 6.45) is 4.07. The summed E-state index contributed by atoms with van der Waals surface area (Å²) in [5, 5.41) is 3.52. The Hall–Kier alpha value is -0.0800. The van der Waals surface area contributed by atoms with Crippen LogP contribution >= 0.6 is 0 Å². The van der Waals surface area contributed by atoms with Gasteiger partial charge in [-0.3, -0.25) is 0 Å². The molecule has 1 atom stereocenters. The van der Waals surface area contributed by atoms with Crippen molar-refractivity contribution < 1.29 is 0 Å². The zero-order chi connectivity index (χ0) is 13.6. The summed E-state index contributed by atoms with van der Waals surface area (Å²) in [6.45, 7) is 18.0. The highest BCUT2D eigenvalue weighted by molar-refractivity contribution is 4.83. The number of rotatable bonds is 7. The molecule has 0 bridgehead atoms. The summed E-state index contributed by atoms with van der Waals surface area (Å²) in [5.41, 5.74) is 0.494. The minimum Gasteiger partial charge on any atom is -0.316 e. The van der Waals surface area contributed by atoms with E-state index in [9.17, 15) is 0 Å². The van der Waals surface area contributed by atoms with Crippen LogP contribution in [0, 0.1) is 17.3 Å². The van der Waals surface area contributed by atoms with E-state index in [0.717, 1.165) is 18.4 Å². The minimum atomic E-state index is 0.494. The van der Waals surface area contributed by atoms with Gasteiger partial charge in [0.15, 0.2) is 0 Å². The van der Waals surface area contributed by atoms with E-state index >= 15 is 0 Å². The maximum Gasteiger partial charge on any atom is 0.00151 e. The third-order valence-electron chi connectivity index (χ3n) is 4.13. The summed E-state index contributed by atoms with van der Waals surface area (Å²) < 4.78 is 0. The molecule has 0 aromatic heterocycles. The Kier molecular flexibility index (Phi) is 6.65. The Morgan fingerprint density at radius 1 is 1.22 bits per heavy atom. The quantitative estimate of drug-likeness (QED) is 0.701. The van der Waals surface area contributed by atoms with Gasteiger partial charge in [-0.15, -0.1) is 0 Å². The highest BCUT2D eigenvalue weighted by Gasteiger charge is 2.31. The van der Waals surface area contributed by atoms with E-state index in [4.69, 9.17) is 0 Å². The maximum atomic E-state index is 3.52. The smallest absolute Gasteiger partial charge is 0.00151 e. The van der Waals surface area contributed by atoms with Crippen LogP contribution in [0.3, 0.4) is 0 Å². The number of likely N-dealkylation sites (tertiary alicyclic amines) is 1. The molecule has 0 radical (unpaired) electrons. The largest absolute Gasteiger partial charge is 0.316 e. The van der Waals surface area contributed by atoms with Crippen molar-refractivity contribution >= 4 is 0 Å². The lowest BCUT2D eigenvalue weighted by molar-refractivity contribution is 0.227. The van der Waals surface area contributed by atoms with Crippen molar-refractivity contribution in [3.63, 3.8) is 0 Å². The van der Waals surface area contributed by atoms with E-state index in [1.165, 1.54) is 45.4 Å². The van der Waals surface area contributed by atoms with Crippen LogP contribution in [0.1, 0.15) is 53.9 Å². The fourth-order valence-corrected chi connectivity index (χ4v) is 2.72. The lowest BCUT2D eigenvalue weighted by Crippen LogP contribution is -2.27. The summed E-state index contributed by atoms with van der Waals surface area (Å²) >= 11 is 0. The van der Waals surface area contributed by atoms with Gasteiger partial charge in [0.05, 0.1) is 0 Å². The van der Waals surface area contributed by atoms with Crippen LogP contribution in [0.25, 0.3) is 0 Å². The SMILES string of the molecule is CC(C)CNCCCCN1CCC(C(C)(C)C)C1. The molecule has 0 aliphatic carbocycles. The van der Waals surface area contributed by atoms with Gasteiger partial charge in [-0.1, -0.05) is 34.6 Å². The van der Waals surface area contributed by atoms with E-state index in [2.05, 4.69) is 44.8 Å². The molecule has 0 saturated carbocycles. The average molecular weight is 254 g/mol. The van der Waals surface area contributed by atoms with Crippen LogP contribution < -0.4 is 5.32 Å². The molecule has 1 saturated heterocycles. The molecule has 0 spiro atoms. The Morgan fingerprint density at radius 3 is 2.50 bits per heavy atom. The standard InChI is InChI=1S/C16H34N2/c1-14(2)12-17-9-6-7-10-18-11-8-15(13-18)16(3,4)5/h14-15,17H,6-13H2,1-5H3. The molecule has 1 heterocycles. The van der Waals surface area contributed by atoms with Crippen LogP contribution in [-0.4, -0.2) is 37.6 Å². The summed E-state index contributed by atoms with van der Waals surface area (Å²) in [6, 6.07) is 0. The first-order valence-electron chi connectivity index (χ1n) is 7.82. The molecular formula is C16H34N2. The second-order valence-electron chi connectivity index (χ2n) is 7.46. The van der Waals surface area contributed by atoms with Gasteiger partial charge < -0.3 is 10.2 Å². The van der Waals surface area contributed by atoms with Crippen molar-refractivity contribution in [3.8, 4) is 0 Å². The monoisotopic (exact) mass is 254 g/mol. The van der Waals surface area contributed by atoms with E-state index in [-0.39, 0.29) is 0 Å². The predicted molar refractivity (Wildman–Crippen MR) is 80.9 cm³/mol. The fourth-order valence-electron chi connectivity index (χ4n) is 2.72. The second kappa shape index (κ2) is 7.49. The van der Waals surface area contributed by atoms with E-state index in [1.807, 2.05) is 0 Å². The van der Waals surface area contributed by atoms with Gasteiger partial charge in [0.25, 0.3) is 0 Å². The lowest BCUT2D eigenvalue weighted by Gasteiger charge is -2.27. The summed E-state index contributed by atoms with van der Waals surface area (Å²) in [4.78, 5) is 2.67. The maximum absolute atomic E-state index is 3.52. The first kappa shape index (κ1) is 16.0. The van der Waals surface area contributed by atoms with Gasteiger partial charge in [-0.25, -0.2) is 0 Å². The van der Waals surface area contributed by atoms with E-state index in [1.54, 1.807) is 0 Å². The Morgan fingerprint density at radius 2 is 1.94 bits per heavy atom. The van der Waals surface area contributed by atoms with Gasteiger partial charge in [0.1, 0.15) is 0 Å². The molecule has 1 unspecified atom stereocenters. The fraction of sp³-hybridized carbons (Fsp3) is 1.00. The van der Waals surface area contributed by atoms with E-state index in [0.29, 0.717) is 5.41 Å². The number of unbranched alkanes of at least 4 members (excludes halogenated alkanes) is 1. The first-order valence-corrected chi connectivity index (χ1v) is 7.82. The highest BCUT2D eigenvalue weighted by Crippen LogP contribution is 2.33. The summed E-state index contributed by atoms with van der Waals surface area (Å²) in [5.74, 6) is 1.67. The van der Waals surface area contributed by atoms with Crippen molar-refractivity contribution in [2.24, 2.45) is 17.3 Å². The normalized spacial score (nSPS) is 22.0. The lowest BCUT2D eigenvalue weighted by atomic mass is 9.80.